The maximum Gasteiger partial charge on any atom is 0.230 e. The molecular formula is C33H44N2O5. The first-order valence-corrected chi connectivity index (χ1v) is 15.4. The lowest BCUT2D eigenvalue weighted by molar-refractivity contribution is -0.146. The fourth-order valence-electron chi connectivity index (χ4n) is 7.17. The number of hydrogen-bond acceptors (Lipinski definition) is 5. The Morgan fingerprint density at radius 3 is 2.65 bits per heavy atom. The lowest BCUT2D eigenvalue weighted by Crippen LogP contribution is -2.47. The molecule has 0 spiro atoms. The standard InChI is InChI=1S/C33H44N2O5/c1-23-11-6-3-2-4-9-14-25-20-33(25,21-30(38)28-19-26(36)22-35(28)31(23)39)32(40)34-18-10-15-27(34)29(37)17-16-24-12-7-5-8-13-24/h5,7-9,12-14,23,25-28,36H,2-4,6,10-11,15-22H2,1H3/b14-9-/t23-,25+,26+,27+,28-,33+/m0/s1. The molecule has 3 fully saturated rings. The van der Waals surface area contributed by atoms with Crippen molar-refractivity contribution < 1.29 is 24.3 Å². The molecule has 1 N–H and O–H groups in total. The Kier molecular flexibility index (Phi) is 8.89. The number of aliphatic hydroxyl groups is 1. The van der Waals surface area contributed by atoms with Crippen LogP contribution in [0.25, 0.3) is 0 Å². The molecule has 7 nitrogen and oxygen atoms in total. The number of likely N-dealkylation sites (tertiary alicyclic amines) is 1. The van der Waals surface area contributed by atoms with Crippen LogP contribution in [-0.2, 0) is 25.6 Å². The average Bonchev–Trinajstić information content (AvgIpc) is 3.26. The van der Waals surface area contributed by atoms with Crippen LogP contribution in [0.4, 0.5) is 0 Å². The molecule has 0 unspecified atom stereocenters. The summed E-state index contributed by atoms with van der Waals surface area (Å²) >= 11 is 0. The second-order valence-electron chi connectivity index (χ2n) is 12.6. The van der Waals surface area contributed by atoms with Gasteiger partial charge in [-0.2, -0.15) is 0 Å². The fraction of sp³-hybridized carbons (Fsp3) is 0.636. The molecule has 2 amide bonds. The summed E-state index contributed by atoms with van der Waals surface area (Å²) in [7, 11) is 0. The molecule has 216 valence electrons. The summed E-state index contributed by atoms with van der Waals surface area (Å²) in [5, 5.41) is 10.4. The van der Waals surface area contributed by atoms with Gasteiger partial charge in [0.1, 0.15) is 0 Å². The van der Waals surface area contributed by atoms with Crippen LogP contribution in [0.2, 0.25) is 0 Å². The Labute approximate surface area is 238 Å². The SMILES string of the molecule is C[C@H]1CCCCC/C=C\[C@@H]2C[C@@]2(C(=O)N2CCC[C@@H]2C(=O)CCc2ccccc2)CC(=O)[C@@H]2C[C@@H](O)CN2C1=O. The Morgan fingerprint density at radius 2 is 1.85 bits per heavy atom. The molecular weight excluding hydrogens is 504 g/mol. The van der Waals surface area contributed by atoms with Crippen molar-refractivity contribution >= 4 is 23.4 Å². The quantitative estimate of drug-likeness (QED) is 0.555. The van der Waals surface area contributed by atoms with E-state index in [1.54, 1.807) is 9.80 Å². The Hall–Kier alpha value is -2.80. The molecule has 5 rings (SSSR count). The van der Waals surface area contributed by atoms with E-state index < -0.39 is 23.6 Å². The van der Waals surface area contributed by atoms with E-state index in [-0.39, 0.29) is 54.6 Å². The molecule has 40 heavy (non-hydrogen) atoms. The van der Waals surface area contributed by atoms with Crippen LogP contribution < -0.4 is 0 Å². The van der Waals surface area contributed by atoms with Crippen molar-refractivity contribution in [1.29, 1.82) is 0 Å². The van der Waals surface area contributed by atoms with Crippen molar-refractivity contribution in [2.24, 2.45) is 17.3 Å². The molecule has 1 aliphatic carbocycles. The van der Waals surface area contributed by atoms with E-state index in [4.69, 9.17) is 0 Å². The minimum atomic E-state index is -0.857. The molecule has 1 aromatic rings. The lowest BCUT2D eigenvalue weighted by atomic mass is 9.89. The number of carbonyl (C=O) groups excluding carboxylic acids is 4. The number of nitrogens with zero attached hydrogens (tertiary/aromatic N) is 2. The van der Waals surface area contributed by atoms with Crippen molar-refractivity contribution in [2.45, 2.75) is 102 Å². The number of rotatable bonds is 5. The molecule has 6 atom stereocenters. The van der Waals surface area contributed by atoms with Gasteiger partial charge < -0.3 is 14.9 Å². The average molecular weight is 549 g/mol. The van der Waals surface area contributed by atoms with Crippen LogP contribution in [0.15, 0.2) is 42.5 Å². The van der Waals surface area contributed by atoms with Gasteiger partial charge in [0.25, 0.3) is 0 Å². The predicted octanol–water partition coefficient (Wildman–Crippen LogP) is 4.26. The Balaban J connectivity index is 1.34. The first kappa shape index (κ1) is 28.7. The predicted molar refractivity (Wildman–Crippen MR) is 152 cm³/mol. The lowest BCUT2D eigenvalue weighted by Gasteiger charge is -2.31. The fourth-order valence-corrected chi connectivity index (χ4v) is 7.17. The third-order valence-electron chi connectivity index (χ3n) is 9.67. The summed E-state index contributed by atoms with van der Waals surface area (Å²) < 4.78 is 0. The number of benzene rings is 1. The first-order valence-electron chi connectivity index (χ1n) is 15.4. The molecule has 3 aliphatic heterocycles. The normalized spacial score (nSPS) is 34.0. The van der Waals surface area contributed by atoms with Gasteiger partial charge in [-0.25, -0.2) is 0 Å². The summed E-state index contributed by atoms with van der Waals surface area (Å²) in [5.74, 6) is -0.435. The molecule has 1 aromatic carbocycles. The number of Topliss-reactive ketones (excluding diaryl/α,β-unsaturated/α-hetero) is 2. The number of amides is 2. The number of carbonyl (C=O) groups is 4. The second kappa shape index (κ2) is 12.4. The third-order valence-corrected chi connectivity index (χ3v) is 9.67. The maximum atomic E-state index is 14.2. The summed E-state index contributed by atoms with van der Waals surface area (Å²) in [5.41, 5.74) is 0.251. The minimum Gasteiger partial charge on any atom is -0.391 e. The third kappa shape index (κ3) is 6.09. The Bertz CT molecular complexity index is 1130. The van der Waals surface area contributed by atoms with Gasteiger partial charge in [-0.1, -0.05) is 62.2 Å². The molecule has 0 aromatic heterocycles. The van der Waals surface area contributed by atoms with E-state index in [2.05, 4.69) is 12.2 Å². The van der Waals surface area contributed by atoms with Crippen LogP contribution >= 0.6 is 0 Å². The van der Waals surface area contributed by atoms with E-state index in [1.165, 1.54) is 0 Å². The van der Waals surface area contributed by atoms with E-state index in [0.717, 1.165) is 44.1 Å². The Morgan fingerprint density at radius 1 is 1.05 bits per heavy atom. The van der Waals surface area contributed by atoms with Gasteiger partial charge in [-0.05, 0) is 56.4 Å². The summed E-state index contributed by atoms with van der Waals surface area (Å²) in [6, 6.07) is 8.80. The van der Waals surface area contributed by atoms with E-state index in [1.807, 2.05) is 37.3 Å². The van der Waals surface area contributed by atoms with Crippen molar-refractivity contribution in [3.05, 3.63) is 48.0 Å². The van der Waals surface area contributed by atoms with E-state index in [9.17, 15) is 24.3 Å². The van der Waals surface area contributed by atoms with Gasteiger partial charge in [0.05, 0.1) is 23.6 Å². The highest BCUT2D eigenvalue weighted by atomic mass is 16.3. The summed E-state index contributed by atoms with van der Waals surface area (Å²) in [6.07, 6.45) is 11.6. The van der Waals surface area contributed by atoms with E-state index >= 15 is 0 Å². The zero-order chi connectivity index (χ0) is 28.3. The zero-order valence-electron chi connectivity index (χ0n) is 23.8. The van der Waals surface area contributed by atoms with Crippen LogP contribution in [0, 0.1) is 17.3 Å². The topological polar surface area (TPSA) is 95.0 Å². The second-order valence-corrected chi connectivity index (χ2v) is 12.6. The number of ketones is 2. The smallest absolute Gasteiger partial charge is 0.230 e. The molecule has 1 saturated carbocycles. The number of aryl methyl sites for hydroxylation is 1. The first-order chi connectivity index (χ1) is 19.3. The van der Waals surface area contributed by atoms with Gasteiger partial charge in [-0.3, -0.25) is 19.2 Å². The monoisotopic (exact) mass is 548 g/mol. The van der Waals surface area contributed by atoms with Gasteiger partial charge in [0.15, 0.2) is 11.6 Å². The highest BCUT2D eigenvalue weighted by Crippen LogP contribution is 2.58. The highest BCUT2D eigenvalue weighted by molar-refractivity contribution is 5.98. The van der Waals surface area contributed by atoms with Gasteiger partial charge in [0.2, 0.25) is 11.8 Å². The van der Waals surface area contributed by atoms with E-state index in [0.29, 0.717) is 32.2 Å². The van der Waals surface area contributed by atoms with Crippen LogP contribution in [0.3, 0.4) is 0 Å². The zero-order valence-corrected chi connectivity index (χ0v) is 23.8. The van der Waals surface area contributed by atoms with Gasteiger partial charge in [0, 0.05) is 38.3 Å². The van der Waals surface area contributed by atoms with Crippen molar-refractivity contribution in [1.82, 2.24) is 9.80 Å². The maximum absolute atomic E-state index is 14.2. The minimum absolute atomic E-state index is 0.0378. The molecule has 4 aliphatic rings. The number of hydrogen-bond donors (Lipinski definition) is 1. The highest BCUT2D eigenvalue weighted by Gasteiger charge is 2.62. The van der Waals surface area contributed by atoms with Crippen molar-refractivity contribution in [2.75, 3.05) is 13.1 Å². The molecule has 0 radical (unpaired) electrons. The van der Waals surface area contributed by atoms with Crippen LogP contribution in [0.5, 0.6) is 0 Å². The largest absolute Gasteiger partial charge is 0.391 e. The molecule has 7 heteroatoms. The van der Waals surface area contributed by atoms with Gasteiger partial charge >= 0.3 is 0 Å². The van der Waals surface area contributed by atoms with Crippen molar-refractivity contribution in [3.63, 3.8) is 0 Å². The van der Waals surface area contributed by atoms with Crippen LogP contribution in [0.1, 0.15) is 83.1 Å². The molecule has 3 heterocycles. The molecule has 0 bridgehead atoms. The van der Waals surface area contributed by atoms with Gasteiger partial charge in [-0.15, -0.1) is 0 Å². The molecule has 2 saturated heterocycles. The summed E-state index contributed by atoms with van der Waals surface area (Å²) in [6.45, 7) is 2.63. The summed E-state index contributed by atoms with van der Waals surface area (Å²) in [4.78, 5) is 58.0. The number of fused-ring (bicyclic) bond motifs is 2. The number of aliphatic hydroxyl groups excluding tert-OH is 1. The van der Waals surface area contributed by atoms with Crippen LogP contribution in [-0.4, -0.2) is 69.6 Å². The number of allylic oxidation sites excluding steroid dienone is 2. The van der Waals surface area contributed by atoms with Crippen molar-refractivity contribution in [3.8, 4) is 0 Å².